The Kier molecular flexibility index (Phi) is 9.96. The first kappa shape index (κ1) is 42.7. The van der Waals surface area contributed by atoms with Gasteiger partial charge in [-0.2, -0.15) is 0 Å². The quantitative estimate of drug-likeness (QED) is 0.0702. The summed E-state index contributed by atoms with van der Waals surface area (Å²) in [5, 5.41) is 16.9. The molecule has 0 bridgehead atoms. The Morgan fingerprint density at radius 3 is 1.31 bits per heavy atom. The molecule has 0 radical (unpaired) electrons. The SMILES string of the molecule is CC(C)(C)c1ccc([Si](c2ccc(-c3ccc4ccc5c6c(cc7ccc3c4c75)c(-c3ccccc3)nc3ccccc36)cc2)(c2ccc(C(C)(C)C)cc2)c2ccc(C(C)(C)C)cc2)cc1. The highest BCUT2D eigenvalue weighted by Gasteiger charge is 2.42. The van der Waals surface area contributed by atoms with E-state index in [0.717, 1.165) is 16.8 Å². The standard InChI is InChI=1S/C65H59NSi/c1-63(2,3)46-24-32-50(33-25-46)67(51-34-26-47(27-35-51)64(4,5)6,52-36-28-48(29-37-52)65(7,8)9)49-30-19-42(20-31-49)53-38-21-43-22-40-56-60-45(23-39-54(53)59(43)60)41-57-61(56)55-17-13-14-18-58(55)66-62(57)44-15-11-10-12-16-44/h10-41H,1-9H3. The summed E-state index contributed by atoms with van der Waals surface area (Å²) in [6.07, 6.45) is 0. The molecule has 1 aromatic heterocycles. The monoisotopic (exact) mass is 881 g/mol. The van der Waals surface area contributed by atoms with Crippen molar-refractivity contribution in [2.45, 2.75) is 78.6 Å². The van der Waals surface area contributed by atoms with E-state index < -0.39 is 8.07 Å². The highest BCUT2D eigenvalue weighted by molar-refractivity contribution is 7.19. The first-order valence-electron chi connectivity index (χ1n) is 24.0. The molecule has 1 nitrogen and oxygen atoms in total. The van der Waals surface area contributed by atoms with Crippen LogP contribution in [-0.4, -0.2) is 13.1 Å². The van der Waals surface area contributed by atoms with Crippen LogP contribution < -0.4 is 20.7 Å². The van der Waals surface area contributed by atoms with Crippen LogP contribution in [0.15, 0.2) is 194 Å². The predicted octanol–water partition coefficient (Wildman–Crippen LogP) is 14.9. The van der Waals surface area contributed by atoms with Crippen LogP contribution in [0.3, 0.4) is 0 Å². The van der Waals surface area contributed by atoms with Gasteiger partial charge in [-0.05, 0) is 109 Å². The van der Waals surface area contributed by atoms with Gasteiger partial charge in [0.1, 0.15) is 0 Å². The maximum absolute atomic E-state index is 5.29. The zero-order chi connectivity index (χ0) is 46.5. The number of fused-ring (bicyclic) bond motifs is 4. The van der Waals surface area contributed by atoms with E-state index in [1.165, 1.54) is 97.0 Å². The van der Waals surface area contributed by atoms with Crippen LogP contribution in [-0.2, 0) is 16.2 Å². The van der Waals surface area contributed by atoms with Gasteiger partial charge in [0.05, 0.1) is 11.2 Å². The van der Waals surface area contributed by atoms with Crippen LogP contribution >= 0.6 is 0 Å². The maximum atomic E-state index is 5.29. The Bertz CT molecular complexity index is 3480. The number of aromatic nitrogens is 1. The minimum absolute atomic E-state index is 0.0526. The van der Waals surface area contributed by atoms with Crippen molar-refractivity contribution in [3.8, 4) is 22.4 Å². The molecule has 0 amide bonds. The summed E-state index contributed by atoms with van der Waals surface area (Å²) in [4.78, 5) is 5.29. The Morgan fingerprint density at radius 1 is 0.328 bits per heavy atom. The van der Waals surface area contributed by atoms with Gasteiger partial charge >= 0.3 is 0 Å². The van der Waals surface area contributed by atoms with Crippen LogP contribution in [0.25, 0.3) is 76.4 Å². The summed E-state index contributed by atoms with van der Waals surface area (Å²) in [5.74, 6) is 0. The van der Waals surface area contributed by atoms with Crippen molar-refractivity contribution in [3.05, 3.63) is 211 Å². The summed E-state index contributed by atoms with van der Waals surface area (Å²) < 4.78 is 0. The fourth-order valence-corrected chi connectivity index (χ4v) is 15.6. The molecule has 0 N–H and O–H groups in total. The van der Waals surface area contributed by atoms with Gasteiger partial charge in [0.15, 0.2) is 8.07 Å². The van der Waals surface area contributed by atoms with E-state index in [0.29, 0.717) is 0 Å². The lowest BCUT2D eigenvalue weighted by atomic mass is 9.86. The molecule has 0 fully saturated rings. The van der Waals surface area contributed by atoms with Gasteiger partial charge in [0.25, 0.3) is 0 Å². The predicted molar refractivity (Wildman–Crippen MR) is 294 cm³/mol. The van der Waals surface area contributed by atoms with Gasteiger partial charge in [-0.25, -0.2) is 4.98 Å². The highest BCUT2D eigenvalue weighted by atomic mass is 28.3. The van der Waals surface area contributed by atoms with E-state index in [1.54, 1.807) is 0 Å². The summed E-state index contributed by atoms with van der Waals surface area (Å²) >= 11 is 0. The van der Waals surface area contributed by atoms with Crippen LogP contribution in [0.1, 0.15) is 79.0 Å². The van der Waals surface area contributed by atoms with Crippen molar-refractivity contribution in [2.75, 3.05) is 0 Å². The van der Waals surface area contributed by atoms with Crippen LogP contribution in [0.2, 0.25) is 0 Å². The average Bonchev–Trinajstić information content (AvgIpc) is 3.33. The molecular weight excluding hydrogens is 823 g/mol. The maximum Gasteiger partial charge on any atom is 0.179 e. The van der Waals surface area contributed by atoms with Gasteiger partial charge in [0, 0.05) is 21.7 Å². The lowest BCUT2D eigenvalue weighted by Gasteiger charge is -2.36. The minimum Gasteiger partial charge on any atom is -0.247 e. The fraction of sp³-hybridized carbons (Fsp3) is 0.185. The molecule has 11 aromatic rings. The normalized spacial score (nSPS) is 12.9. The molecule has 0 spiro atoms. The molecule has 11 rings (SSSR count). The zero-order valence-electron chi connectivity index (χ0n) is 40.4. The minimum atomic E-state index is -2.86. The fourth-order valence-electron chi connectivity index (χ4n) is 10.9. The smallest absolute Gasteiger partial charge is 0.179 e. The molecule has 0 aliphatic carbocycles. The molecule has 1 heterocycles. The zero-order valence-corrected chi connectivity index (χ0v) is 41.4. The third kappa shape index (κ3) is 7.08. The highest BCUT2D eigenvalue weighted by Crippen LogP contribution is 2.45. The molecule has 0 unspecified atom stereocenters. The lowest BCUT2D eigenvalue weighted by molar-refractivity contribution is 0.590. The average molecular weight is 882 g/mol. The van der Waals surface area contributed by atoms with Gasteiger partial charge < -0.3 is 0 Å². The molecule has 67 heavy (non-hydrogen) atoms. The Balaban J connectivity index is 1.13. The van der Waals surface area contributed by atoms with Crippen LogP contribution in [0.4, 0.5) is 0 Å². The molecule has 10 aromatic carbocycles. The molecule has 0 aliphatic heterocycles. The van der Waals surface area contributed by atoms with Gasteiger partial charge in [-0.1, -0.05) is 244 Å². The number of para-hydroxylation sites is 1. The number of pyridine rings is 1. The second kappa shape index (κ2) is 15.6. The molecule has 2 heteroatoms. The summed E-state index contributed by atoms with van der Waals surface area (Å²) in [6, 6.07) is 74.4. The van der Waals surface area contributed by atoms with E-state index in [1.807, 2.05) is 0 Å². The van der Waals surface area contributed by atoms with Gasteiger partial charge in [0.2, 0.25) is 0 Å². The summed E-state index contributed by atoms with van der Waals surface area (Å²) in [6.45, 7) is 20.8. The molecule has 328 valence electrons. The van der Waals surface area contributed by atoms with E-state index in [4.69, 9.17) is 4.98 Å². The third-order valence-corrected chi connectivity index (χ3v) is 19.5. The van der Waals surface area contributed by atoms with E-state index in [-0.39, 0.29) is 16.2 Å². The van der Waals surface area contributed by atoms with Gasteiger partial charge in [-0.15, -0.1) is 0 Å². The van der Waals surface area contributed by atoms with Gasteiger partial charge in [-0.3, -0.25) is 0 Å². The van der Waals surface area contributed by atoms with Crippen molar-refractivity contribution in [1.82, 2.24) is 4.98 Å². The second-order valence-corrected chi connectivity index (χ2v) is 25.8. The number of hydrogen-bond acceptors (Lipinski definition) is 1. The Morgan fingerprint density at radius 2 is 0.776 bits per heavy atom. The van der Waals surface area contributed by atoms with Crippen LogP contribution in [0.5, 0.6) is 0 Å². The van der Waals surface area contributed by atoms with Crippen molar-refractivity contribution in [1.29, 1.82) is 0 Å². The molecule has 0 saturated carbocycles. The Labute approximate surface area is 397 Å². The molecular formula is C65H59NSi. The van der Waals surface area contributed by atoms with Crippen LogP contribution in [0, 0.1) is 0 Å². The van der Waals surface area contributed by atoms with Crippen molar-refractivity contribution in [2.24, 2.45) is 0 Å². The molecule has 0 aliphatic rings. The largest absolute Gasteiger partial charge is 0.247 e. The Hall–Kier alpha value is -6.87. The molecule has 0 saturated heterocycles. The topological polar surface area (TPSA) is 12.9 Å². The van der Waals surface area contributed by atoms with Crippen molar-refractivity contribution >= 4 is 82.8 Å². The summed E-state index contributed by atoms with van der Waals surface area (Å²) in [7, 11) is -2.86. The van der Waals surface area contributed by atoms with E-state index in [9.17, 15) is 0 Å². The van der Waals surface area contributed by atoms with Crippen molar-refractivity contribution in [3.63, 3.8) is 0 Å². The number of hydrogen-bond donors (Lipinski definition) is 0. The first-order chi connectivity index (χ1) is 32.1. The number of benzene rings is 10. The second-order valence-electron chi connectivity index (χ2n) is 22.0. The first-order valence-corrected chi connectivity index (χ1v) is 26.0. The van der Waals surface area contributed by atoms with E-state index in [2.05, 4.69) is 256 Å². The van der Waals surface area contributed by atoms with Crippen molar-refractivity contribution < 1.29 is 0 Å². The number of rotatable bonds is 6. The molecule has 0 atom stereocenters. The van der Waals surface area contributed by atoms with E-state index >= 15 is 0 Å². The summed E-state index contributed by atoms with van der Waals surface area (Å²) in [5.41, 5.74) is 9.87. The lowest BCUT2D eigenvalue weighted by Crippen LogP contribution is -2.74. The number of nitrogens with zero attached hydrogens (tertiary/aromatic N) is 1. The third-order valence-electron chi connectivity index (χ3n) is 14.7.